The van der Waals surface area contributed by atoms with Gasteiger partial charge in [0.2, 0.25) is 6.79 Å². The number of hydrogen-bond donors (Lipinski definition) is 1. The van der Waals surface area contributed by atoms with Gasteiger partial charge in [0.25, 0.3) is 0 Å². The molecular weight excluding hydrogens is 342 g/mol. The van der Waals surface area contributed by atoms with Gasteiger partial charge in [0.05, 0.1) is 33.3 Å². The van der Waals surface area contributed by atoms with Crippen molar-refractivity contribution in [2.45, 2.75) is 24.8 Å². The zero-order valence-corrected chi connectivity index (χ0v) is 14.5. The molecule has 128 valence electrons. The van der Waals surface area contributed by atoms with Crippen LogP contribution in [-0.4, -0.2) is 31.7 Å². The monoisotopic (exact) mass is 357 g/mol. The van der Waals surface area contributed by atoms with Crippen molar-refractivity contribution >= 4 is 27.6 Å². The highest BCUT2D eigenvalue weighted by Gasteiger charge is 2.22. The number of Topliss-reactive ketones (excluding diaryl/α,β-unsaturated/α-hetero) is 1. The molecule has 1 aromatic carbocycles. The number of fused-ring (bicyclic) bond motifs is 2. The van der Waals surface area contributed by atoms with E-state index in [9.17, 15) is 9.00 Å². The normalized spacial score (nSPS) is 14.0. The molecule has 0 saturated carbocycles. The maximum absolute atomic E-state index is 12.7. The molecule has 1 unspecified atom stereocenters. The summed E-state index contributed by atoms with van der Waals surface area (Å²) < 4.78 is 23.4. The Morgan fingerprint density at radius 3 is 3.00 bits per heavy atom. The molecule has 3 heterocycles. The van der Waals surface area contributed by atoms with Crippen LogP contribution in [0.1, 0.15) is 28.5 Å². The van der Waals surface area contributed by atoms with Crippen molar-refractivity contribution in [2.75, 3.05) is 6.79 Å². The van der Waals surface area contributed by atoms with Crippen LogP contribution in [0.4, 0.5) is 0 Å². The molecule has 0 bridgehead atoms. The number of benzene rings is 1. The zero-order chi connectivity index (χ0) is 17.6. The maximum atomic E-state index is 12.7. The molecule has 1 aliphatic heterocycles. The third-order valence-electron chi connectivity index (χ3n) is 4.03. The summed E-state index contributed by atoms with van der Waals surface area (Å²) in [7, 11) is -1.43. The Hall–Kier alpha value is -2.74. The highest BCUT2D eigenvalue weighted by molar-refractivity contribution is 7.84. The van der Waals surface area contributed by atoms with E-state index in [1.165, 1.54) is 6.92 Å². The van der Waals surface area contributed by atoms with Gasteiger partial charge < -0.3 is 14.5 Å². The number of aryl methyl sites for hydroxylation is 1. The van der Waals surface area contributed by atoms with E-state index in [0.717, 1.165) is 11.1 Å². The number of imidazole rings is 1. The second kappa shape index (κ2) is 5.96. The summed E-state index contributed by atoms with van der Waals surface area (Å²) >= 11 is 0. The molecule has 0 spiro atoms. The summed E-state index contributed by atoms with van der Waals surface area (Å²) in [5.41, 5.74) is 3.40. The average Bonchev–Trinajstić information content (AvgIpc) is 3.20. The summed E-state index contributed by atoms with van der Waals surface area (Å²) in [4.78, 5) is 23.4. The number of ketones is 1. The molecule has 1 N–H and O–H groups in total. The van der Waals surface area contributed by atoms with E-state index in [0.29, 0.717) is 33.4 Å². The smallest absolute Gasteiger partial charge is 0.231 e. The number of hydrogen-bond acceptors (Lipinski definition) is 6. The summed E-state index contributed by atoms with van der Waals surface area (Å²) in [6.07, 6.45) is 1.60. The minimum absolute atomic E-state index is 0.0220. The first-order valence-corrected chi connectivity index (χ1v) is 8.98. The van der Waals surface area contributed by atoms with E-state index in [1.807, 2.05) is 13.0 Å². The lowest BCUT2D eigenvalue weighted by molar-refractivity contribution is 0.101. The summed E-state index contributed by atoms with van der Waals surface area (Å²) in [5.74, 6) is 1.27. The van der Waals surface area contributed by atoms with Gasteiger partial charge in [-0.3, -0.25) is 14.0 Å². The Balaban J connectivity index is 1.67. The van der Waals surface area contributed by atoms with Crippen molar-refractivity contribution in [1.82, 2.24) is 15.0 Å². The van der Waals surface area contributed by atoms with Crippen molar-refractivity contribution in [3.05, 3.63) is 41.2 Å². The van der Waals surface area contributed by atoms with Crippen LogP contribution in [0.15, 0.2) is 29.6 Å². The van der Waals surface area contributed by atoms with E-state index >= 15 is 0 Å². The first kappa shape index (κ1) is 15.8. The molecule has 25 heavy (non-hydrogen) atoms. The molecule has 0 radical (unpaired) electrons. The van der Waals surface area contributed by atoms with E-state index in [2.05, 4.69) is 15.0 Å². The number of carbonyl (C=O) groups is 1. The largest absolute Gasteiger partial charge is 0.453 e. The topological polar surface area (TPSA) is 94.2 Å². The van der Waals surface area contributed by atoms with Crippen molar-refractivity contribution in [2.24, 2.45) is 0 Å². The second-order valence-electron chi connectivity index (χ2n) is 5.76. The number of carbonyl (C=O) groups excluding carboxylic acids is 1. The van der Waals surface area contributed by atoms with E-state index in [1.54, 1.807) is 18.3 Å². The lowest BCUT2D eigenvalue weighted by Gasteiger charge is -2.03. The summed E-state index contributed by atoms with van der Waals surface area (Å²) in [5, 5.41) is 0.341. The minimum Gasteiger partial charge on any atom is -0.453 e. The quantitative estimate of drug-likeness (QED) is 0.721. The first-order chi connectivity index (χ1) is 12.0. The van der Waals surface area contributed by atoms with E-state index < -0.39 is 10.8 Å². The molecule has 1 atom stereocenters. The Morgan fingerprint density at radius 1 is 1.36 bits per heavy atom. The molecule has 0 saturated heterocycles. The van der Waals surface area contributed by atoms with Crippen molar-refractivity contribution < 1.29 is 18.5 Å². The van der Waals surface area contributed by atoms with Crippen molar-refractivity contribution in [3.8, 4) is 11.5 Å². The fourth-order valence-corrected chi connectivity index (χ4v) is 3.83. The van der Waals surface area contributed by atoms with Crippen LogP contribution in [0, 0.1) is 6.92 Å². The van der Waals surface area contributed by atoms with Gasteiger partial charge in [-0.05, 0) is 31.5 Å². The number of nitrogens with one attached hydrogen (secondary N) is 1. The molecular formula is C17H15N3O4S. The van der Waals surface area contributed by atoms with E-state index in [-0.39, 0.29) is 18.3 Å². The van der Waals surface area contributed by atoms with Gasteiger partial charge in [0, 0.05) is 17.8 Å². The first-order valence-electron chi connectivity index (χ1n) is 7.66. The van der Waals surface area contributed by atoms with Crippen LogP contribution in [0.25, 0.3) is 11.0 Å². The number of ether oxygens (including phenoxy) is 2. The molecule has 4 rings (SSSR count). The number of pyridine rings is 1. The van der Waals surface area contributed by atoms with Crippen LogP contribution >= 0.6 is 0 Å². The van der Waals surface area contributed by atoms with Gasteiger partial charge in [0.15, 0.2) is 22.4 Å². The maximum Gasteiger partial charge on any atom is 0.231 e. The van der Waals surface area contributed by atoms with Gasteiger partial charge in [-0.2, -0.15) is 0 Å². The van der Waals surface area contributed by atoms with Crippen LogP contribution in [0.5, 0.6) is 11.5 Å². The predicted molar refractivity (Wildman–Crippen MR) is 91.3 cm³/mol. The molecule has 8 heteroatoms. The Bertz CT molecular complexity index is 1030. The number of rotatable bonds is 4. The fourth-order valence-electron chi connectivity index (χ4n) is 2.82. The second-order valence-corrected chi connectivity index (χ2v) is 7.13. The molecule has 0 aliphatic carbocycles. The van der Waals surface area contributed by atoms with Crippen molar-refractivity contribution in [1.29, 1.82) is 0 Å². The highest BCUT2D eigenvalue weighted by atomic mass is 32.2. The molecule has 1 aliphatic rings. The van der Waals surface area contributed by atoms with Gasteiger partial charge in [0.1, 0.15) is 0 Å². The van der Waals surface area contributed by atoms with Crippen LogP contribution in [0.2, 0.25) is 0 Å². The van der Waals surface area contributed by atoms with Crippen LogP contribution < -0.4 is 9.47 Å². The van der Waals surface area contributed by atoms with Crippen molar-refractivity contribution in [3.63, 3.8) is 0 Å². The average molecular weight is 357 g/mol. The lowest BCUT2D eigenvalue weighted by Crippen LogP contribution is -2.02. The number of nitrogens with zero attached hydrogens (tertiary/aromatic N) is 2. The molecule has 7 nitrogen and oxygen atoms in total. The number of H-pyrrole nitrogens is 1. The summed E-state index contributed by atoms with van der Waals surface area (Å²) in [6, 6.07) is 5.27. The SMILES string of the molecule is CC(=O)c1cc2nc(S(=O)Cc3nccc4c3OCO4)[nH]c2cc1C. The fraction of sp³-hybridized carbons (Fsp3) is 0.235. The Morgan fingerprint density at radius 2 is 2.20 bits per heavy atom. The van der Waals surface area contributed by atoms with Gasteiger partial charge in [-0.25, -0.2) is 4.98 Å². The van der Waals surface area contributed by atoms with Crippen LogP contribution in [-0.2, 0) is 16.6 Å². The lowest BCUT2D eigenvalue weighted by atomic mass is 10.0. The number of aromatic amines is 1. The Kier molecular flexibility index (Phi) is 3.76. The third kappa shape index (κ3) is 2.78. The molecule has 0 fully saturated rings. The van der Waals surface area contributed by atoms with Gasteiger partial charge in [-0.1, -0.05) is 0 Å². The van der Waals surface area contributed by atoms with E-state index in [4.69, 9.17) is 9.47 Å². The molecule has 3 aromatic rings. The predicted octanol–water partition coefficient (Wildman–Crippen LogP) is 2.51. The van der Waals surface area contributed by atoms with Gasteiger partial charge in [-0.15, -0.1) is 0 Å². The zero-order valence-electron chi connectivity index (χ0n) is 13.7. The standard InChI is InChI=1S/C17H15N3O4S/c1-9-5-12-13(6-11(9)10(2)21)20-17(19-12)25(22)7-14-16-15(3-4-18-14)23-8-24-16/h3-6H,7-8H2,1-2H3,(H,19,20). The third-order valence-corrected chi connectivity index (χ3v) is 5.19. The highest BCUT2D eigenvalue weighted by Crippen LogP contribution is 2.35. The molecule has 0 amide bonds. The molecule has 2 aromatic heterocycles. The summed E-state index contributed by atoms with van der Waals surface area (Å²) in [6.45, 7) is 3.52. The Labute approximate surface area is 145 Å². The minimum atomic E-state index is -1.43. The van der Waals surface area contributed by atoms with Gasteiger partial charge >= 0.3 is 0 Å². The van der Waals surface area contributed by atoms with Crippen LogP contribution in [0.3, 0.4) is 0 Å². The number of aromatic nitrogens is 3.